The average Bonchev–Trinajstić information content (AvgIpc) is 2.99. The Balaban J connectivity index is 1.69. The fourth-order valence-electron chi connectivity index (χ4n) is 4.31. The van der Waals surface area contributed by atoms with E-state index < -0.39 is 0 Å². The summed E-state index contributed by atoms with van der Waals surface area (Å²) in [7, 11) is 2.31. The summed E-state index contributed by atoms with van der Waals surface area (Å²) in [6, 6.07) is 18.9. The number of benzene rings is 2. The Morgan fingerprint density at radius 1 is 0.864 bits per heavy atom. The Bertz CT molecular complexity index is 715. The zero-order valence-electron chi connectivity index (χ0n) is 13.3. The summed E-state index contributed by atoms with van der Waals surface area (Å²) in [5, 5.41) is 0. The highest BCUT2D eigenvalue weighted by Gasteiger charge is 2.33. The van der Waals surface area contributed by atoms with E-state index in [1.165, 1.54) is 47.1 Å². The molecule has 0 heterocycles. The third-order valence-corrected chi connectivity index (χ3v) is 5.50. The lowest BCUT2D eigenvalue weighted by atomic mass is 9.83. The van der Waals surface area contributed by atoms with Crippen LogP contribution in [0.4, 0.5) is 0 Å². The Morgan fingerprint density at radius 2 is 1.50 bits per heavy atom. The largest absolute Gasteiger partial charge is 0.292 e. The molecule has 0 radical (unpaired) electrons. The molecule has 0 aliphatic heterocycles. The van der Waals surface area contributed by atoms with Crippen molar-refractivity contribution < 1.29 is 0 Å². The van der Waals surface area contributed by atoms with E-state index in [-0.39, 0.29) is 0 Å². The fourth-order valence-corrected chi connectivity index (χ4v) is 4.31. The van der Waals surface area contributed by atoms with Gasteiger partial charge in [-0.3, -0.25) is 4.90 Å². The van der Waals surface area contributed by atoms with Gasteiger partial charge in [-0.05, 0) is 60.6 Å². The van der Waals surface area contributed by atoms with Gasteiger partial charge < -0.3 is 0 Å². The van der Waals surface area contributed by atoms with Gasteiger partial charge in [0.25, 0.3) is 0 Å². The standard InChI is InChI=1S/C21H23N/c1-15-11-13-21(19-10-6-5-8-17(15)19)22(2)20-14-12-16-7-3-4-9-18(16)20/h3-10,20-21H,1,11-14H2,2H3. The molecule has 2 aromatic carbocycles. The molecule has 0 fully saturated rings. The lowest BCUT2D eigenvalue weighted by Gasteiger charge is -2.38. The minimum Gasteiger partial charge on any atom is -0.292 e. The zero-order valence-corrected chi connectivity index (χ0v) is 13.3. The monoisotopic (exact) mass is 289 g/mol. The first-order chi connectivity index (χ1) is 10.8. The highest BCUT2D eigenvalue weighted by atomic mass is 15.2. The second-order valence-electron chi connectivity index (χ2n) is 6.66. The van der Waals surface area contributed by atoms with Gasteiger partial charge in [-0.2, -0.15) is 0 Å². The van der Waals surface area contributed by atoms with Crippen LogP contribution < -0.4 is 0 Å². The highest BCUT2D eigenvalue weighted by molar-refractivity contribution is 5.68. The molecule has 0 aromatic heterocycles. The first-order valence-electron chi connectivity index (χ1n) is 8.32. The van der Waals surface area contributed by atoms with Gasteiger partial charge in [0.1, 0.15) is 0 Å². The van der Waals surface area contributed by atoms with E-state index >= 15 is 0 Å². The molecule has 0 saturated carbocycles. The molecule has 0 spiro atoms. The smallest absolute Gasteiger partial charge is 0.0360 e. The minimum atomic E-state index is 0.512. The molecule has 2 unspecified atom stereocenters. The summed E-state index contributed by atoms with van der Waals surface area (Å²) >= 11 is 0. The number of hydrogen-bond acceptors (Lipinski definition) is 1. The molecule has 0 amide bonds. The van der Waals surface area contributed by atoms with Gasteiger partial charge in [0.2, 0.25) is 0 Å². The molecule has 2 atom stereocenters. The van der Waals surface area contributed by atoms with Crippen molar-refractivity contribution in [3.8, 4) is 0 Å². The molecule has 1 heteroatoms. The van der Waals surface area contributed by atoms with Crippen LogP contribution in [0.1, 0.15) is 53.6 Å². The van der Waals surface area contributed by atoms with Crippen LogP contribution in [0.2, 0.25) is 0 Å². The molecule has 0 saturated heterocycles. The third kappa shape index (κ3) is 2.12. The number of hydrogen-bond donors (Lipinski definition) is 0. The van der Waals surface area contributed by atoms with Gasteiger partial charge in [-0.1, -0.05) is 55.1 Å². The number of nitrogens with zero attached hydrogens (tertiary/aromatic N) is 1. The van der Waals surface area contributed by atoms with E-state index in [1.54, 1.807) is 0 Å². The van der Waals surface area contributed by atoms with E-state index in [0.717, 1.165) is 6.42 Å². The maximum atomic E-state index is 4.26. The summed E-state index contributed by atoms with van der Waals surface area (Å²) in [5.74, 6) is 0. The topological polar surface area (TPSA) is 3.24 Å². The molecule has 2 aliphatic rings. The first kappa shape index (κ1) is 13.8. The van der Waals surface area contributed by atoms with E-state index in [9.17, 15) is 0 Å². The van der Waals surface area contributed by atoms with Gasteiger partial charge in [-0.15, -0.1) is 0 Å². The van der Waals surface area contributed by atoms with Crippen molar-refractivity contribution in [1.29, 1.82) is 0 Å². The lowest BCUT2D eigenvalue weighted by molar-refractivity contribution is 0.163. The summed E-state index contributed by atoms with van der Waals surface area (Å²) in [5.41, 5.74) is 7.20. The average molecular weight is 289 g/mol. The van der Waals surface area contributed by atoms with Crippen molar-refractivity contribution in [2.24, 2.45) is 0 Å². The quantitative estimate of drug-likeness (QED) is 0.738. The number of aryl methyl sites for hydroxylation is 1. The summed E-state index contributed by atoms with van der Waals surface area (Å²) < 4.78 is 0. The second-order valence-corrected chi connectivity index (χ2v) is 6.66. The normalized spacial score (nSPS) is 23.5. The molecule has 112 valence electrons. The summed E-state index contributed by atoms with van der Waals surface area (Å²) in [4.78, 5) is 2.61. The fraction of sp³-hybridized carbons (Fsp3) is 0.333. The van der Waals surface area contributed by atoms with Crippen molar-refractivity contribution in [3.05, 3.63) is 77.4 Å². The Hall–Kier alpha value is -1.86. The number of fused-ring (bicyclic) bond motifs is 2. The van der Waals surface area contributed by atoms with Crippen LogP contribution in [-0.2, 0) is 6.42 Å². The predicted molar refractivity (Wildman–Crippen MR) is 92.7 cm³/mol. The number of rotatable bonds is 2. The van der Waals surface area contributed by atoms with Crippen LogP contribution in [0.25, 0.3) is 5.57 Å². The van der Waals surface area contributed by atoms with Gasteiger partial charge >= 0.3 is 0 Å². The van der Waals surface area contributed by atoms with E-state index in [1.807, 2.05) is 0 Å². The maximum absolute atomic E-state index is 4.26. The Labute approximate surface area is 133 Å². The predicted octanol–water partition coefficient (Wildman–Crippen LogP) is 5.15. The van der Waals surface area contributed by atoms with Crippen molar-refractivity contribution in [3.63, 3.8) is 0 Å². The second kappa shape index (κ2) is 5.40. The molecule has 1 nitrogen and oxygen atoms in total. The zero-order chi connectivity index (χ0) is 15.1. The summed E-state index contributed by atoms with van der Waals surface area (Å²) in [6.07, 6.45) is 4.76. The maximum Gasteiger partial charge on any atom is 0.0360 e. The van der Waals surface area contributed by atoms with E-state index in [0.29, 0.717) is 12.1 Å². The van der Waals surface area contributed by atoms with Crippen LogP contribution in [-0.4, -0.2) is 11.9 Å². The first-order valence-corrected chi connectivity index (χ1v) is 8.32. The van der Waals surface area contributed by atoms with Crippen LogP contribution in [0.3, 0.4) is 0 Å². The minimum absolute atomic E-state index is 0.512. The molecule has 0 bridgehead atoms. The van der Waals surface area contributed by atoms with Crippen molar-refractivity contribution in [1.82, 2.24) is 4.90 Å². The third-order valence-electron chi connectivity index (χ3n) is 5.50. The molecule has 2 aromatic rings. The van der Waals surface area contributed by atoms with Crippen molar-refractivity contribution in [2.75, 3.05) is 7.05 Å². The van der Waals surface area contributed by atoms with Gasteiger partial charge in [0, 0.05) is 12.1 Å². The number of allylic oxidation sites excluding steroid dienone is 1. The van der Waals surface area contributed by atoms with E-state index in [2.05, 4.69) is 67.1 Å². The molecule has 2 aliphatic carbocycles. The molecule has 4 rings (SSSR count). The van der Waals surface area contributed by atoms with Crippen LogP contribution >= 0.6 is 0 Å². The van der Waals surface area contributed by atoms with E-state index in [4.69, 9.17) is 0 Å². The van der Waals surface area contributed by atoms with Crippen molar-refractivity contribution in [2.45, 2.75) is 37.8 Å². The SMILES string of the molecule is C=C1CCC(N(C)C2CCc3ccccc32)c2ccccc21. The van der Waals surface area contributed by atoms with Crippen molar-refractivity contribution >= 4 is 5.57 Å². The van der Waals surface area contributed by atoms with Gasteiger partial charge in [0.05, 0.1) is 0 Å². The molecular formula is C21H23N. The highest BCUT2D eigenvalue weighted by Crippen LogP contribution is 2.44. The Kier molecular flexibility index (Phi) is 3.38. The van der Waals surface area contributed by atoms with Gasteiger partial charge in [-0.25, -0.2) is 0 Å². The Morgan fingerprint density at radius 3 is 2.36 bits per heavy atom. The van der Waals surface area contributed by atoms with Gasteiger partial charge in [0.15, 0.2) is 0 Å². The molecule has 22 heavy (non-hydrogen) atoms. The van der Waals surface area contributed by atoms with Crippen LogP contribution in [0, 0.1) is 0 Å². The molecular weight excluding hydrogens is 266 g/mol. The summed E-state index contributed by atoms with van der Waals surface area (Å²) in [6.45, 7) is 4.26. The van der Waals surface area contributed by atoms with Crippen LogP contribution in [0.5, 0.6) is 0 Å². The lowest BCUT2D eigenvalue weighted by Crippen LogP contribution is -2.30. The van der Waals surface area contributed by atoms with Crippen LogP contribution in [0.15, 0.2) is 55.1 Å². The molecule has 0 N–H and O–H groups in total.